The number of hydrogen-bond acceptors (Lipinski definition) is 6. The molecule has 0 saturated carbocycles. The molecule has 2 aromatic carbocycles. The molecule has 1 aliphatic heterocycles. The molecule has 1 N–H and O–H groups in total. The van der Waals surface area contributed by atoms with Gasteiger partial charge < -0.3 is 15.0 Å². The van der Waals surface area contributed by atoms with E-state index in [0.717, 1.165) is 21.8 Å². The van der Waals surface area contributed by atoms with Crippen molar-refractivity contribution in [3.63, 3.8) is 0 Å². The molecule has 160 valence electrons. The van der Waals surface area contributed by atoms with Gasteiger partial charge in [-0.25, -0.2) is 0 Å². The molecule has 3 aromatic rings. The van der Waals surface area contributed by atoms with Crippen LogP contribution in [0.1, 0.15) is 28.5 Å². The molecule has 2 amide bonds. The van der Waals surface area contributed by atoms with Crippen LogP contribution in [-0.4, -0.2) is 35.7 Å². The maximum atomic E-state index is 12.6. The summed E-state index contributed by atoms with van der Waals surface area (Å²) in [6, 6.07) is 13.0. The largest absolute Gasteiger partial charge is 0.496 e. The van der Waals surface area contributed by atoms with Gasteiger partial charge in [-0.1, -0.05) is 47.2 Å². The highest BCUT2D eigenvalue weighted by Gasteiger charge is 2.34. The van der Waals surface area contributed by atoms with Crippen molar-refractivity contribution < 1.29 is 14.3 Å². The number of carbonyl (C=O) groups is 2. The predicted molar refractivity (Wildman–Crippen MR) is 121 cm³/mol. The second-order valence-electron chi connectivity index (χ2n) is 7.32. The Balaban J connectivity index is 1.41. The third-order valence-electron chi connectivity index (χ3n) is 5.17. The van der Waals surface area contributed by atoms with Crippen molar-refractivity contribution in [3.05, 3.63) is 63.6 Å². The third-order valence-corrected chi connectivity index (χ3v) is 6.58. The molecule has 4 rings (SSSR count). The number of aryl methyl sites for hydroxylation is 1. The van der Waals surface area contributed by atoms with Crippen LogP contribution in [0.4, 0.5) is 10.8 Å². The zero-order valence-corrected chi connectivity index (χ0v) is 18.7. The Bertz CT molecular complexity index is 1130. The minimum Gasteiger partial charge on any atom is -0.496 e. The molecular formula is C22H21ClN4O3S. The fourth-order valence-corrected chi connectivity index (χ4v) is 4.53. The van der Waals surface area contributed by atoms with E-state index < -0.39 is 0 Å². The zero-order chi connectivity index (χ0) is 22.0. The summed E-state index contributed by atoms with van der Waals surface area (Å²) in [4.78, 5) is 26.7. The lowest BCUT2D eigenvalue weighted by atomic mass is 10.1. The number of hydrogen-bond donors (Lipinski definition) is 1. The summed E-state index contributed by atoms with van der Waals surface area (Å²) in [6.45, 7) is 2.42. The van der Waals surface area contributed by atoms with E-state index in [1.807, 2.05) is 43.3 Å². The molecule has 1 saturated heterocycles. The van der Waals surface area contributed by atoms with E-state index in [1.165, 1.54) is 11.3 Å². The molecule has 0 radical (unpaired) electrons. The SMILES string of the molecule is COc1ccccc1CC(=O)Nc1nnc(C2CC(=O)N(c3ccc(C)c(Cl)c3)C2)s1. The highest BCUT2D eigenvalue weighted by Crippen LogP contribution is 2.35. The van der Waals surface area contributed by atoms with Gasteiger partial charge in [-0.05, 0) is 30.7 Å². The summed E-state index contributed by atoms with van der Waals surface area (Å²) < 4.78 is 5.29. The molecule has 9 heteroatoms. The average molecular weight is 457 g/mol. The van der Waals surface area contributed by atoms with E-state index in [0.29, 0.717) is 28.9 Å². The number of rotatable bonds is 6. The maximum Gasteiger partial charge on any atom is 0.230 e. The normalized spacial score (nSPS) is 15.9. The van der Waals surface area contributed by atoms with Crippen LogP contribution in [0.2, 0.25) is 5.02 Å². The number of ether oxygens (including phenoxy) is 1. The van der Waals surface area contributed by atoms with Gasteiger partial charge in [0.15, 0.2) is 0 Å². The first-order valence-corrected chi connectivity index (χ1v) is 11.0. The molecule has 0 aliphatic carbocycles. The van der Waals surface area contributed by atoms with Crippen LogP contribution < -0.4 is 15.0 Å². The number of nitrogens with zero attached hydrogens (tertiary/aromatic N) is 3. The number of nitrogens with one attached hydrogen (secondary N) is 1. The summed E-state index contributed by atoms with van der Waals surface area (Å²) in [6.07, 6.45) is 0.512. The number of anilines is 2. The number of methoxy groups -OCH3 is 1. The van der Waals surface area contributed by atoms with Crippen LogP contribution in [0.3, 0.4) is 0 Å². The molecule has 0 bridgehead atoms. The summed E-state index contributed by atoms with van der Waals surface area (Å²) in [7, 11) is 1.57. The molecule has 0 spiro atoms. The standard InChI is InChI=1S/C22H21ClN4O3S/c1-13-7-8-16(11-17(13)23)27-12-15(10-20(27)29)21-25-26-22(31-21)24-19(28)9-14-5-3-4-6-18(14)30-2/h3-8,11,15H,9-10,12H2,1-2H3,(H,24,26,28). The fraction of sp³-hybridized carbons (Fsp3) is 0.273. The first-order valence-electron chi connectivity index (χ1n) is 9.76. The molecule has 1 fully saturated rings. The number of benzene rings is 2. The van der Waals surface area contributed by atoms with E-state index in [2.05, 4.69) is 15.5 Å². The van der Waals surface area contributed by atoms with Crippen molar-refractivity contribution in [3.8, 4) is 5.75 Å². The average Bonchev–Trinajstić information content (AvgIpc) is 3.37. The van der Waals surface area contributed by atoms with Crippen molar-refractivity contribution >= 4 is 45.6 Å². The van der Waals surface area contributed by atoms with Gasteiger partial charge in [0.2, 0.25) is 16.9 Å². The van der Waals surface area contributed by atoms with Crippen molar-refractivity contribution in [2.75, 3.05) is 23.9 Å². The van der Waals surface area contributed by atoms with E-state index in [1.54, 1.807) is 18.1 Å². The van der Waals surface area contributed by atoms with Crippen LogP contribution in [0.5, 0.6) is 5.75 Å². The molecule has 1 aromatic heterocycles. The first kappa shape index (κ1) is 21.3. The van der Waals surface area contributed by atoms with E-state index >= 15 is 0 Å². The Kier molecular flexibility index (Phi) is 6.20. The van der Waals surface area contributed by atoms with Crippen molar-refractivity contribution in [2.45, 2.75) is 25.7 Å². The molecule has 7 nitrogen and oxygen atoms in total. The van der Waals surface area contributed by atoms with Gasteiger partial charge in [-0.2, -0.15) is 0 Å². The lowest BCUT2D eigenvalue weighted by Crippen LogP contribution is -2.24. The quantitative estimate of drug-likeness (QED) is 0.600. The van der Waals surface area contributed by atoms with Crippen LogP contribution in [0.15, 0.2) is 42.5 Å². The summed E-state index contributed by atoms with van der Waals surface area (Å²) in [5.41, 5.74) is 2.53. The monoisotopic (exact) mass is 456 g/mol. The smallest absolute Gasteiger partial charge is 0.230 e. The van der Waals surface area contributed by atoms with Crippen LogP contribution in [0.25, 0.3) is 0 Å². The number of halogens is 1. The van der Waals surface area contributed by atoms with E-state index in [9.17, 15) is 9.59 Å². The minimum atomic E-state index is -0.203. The summed E-state index contributed by atoms with van der Waals surface area (Å²) in [5, 5.41) is 12.9. The van der Waals surface area contributed by atoms with Crippen molar-refractivity contribution in [1.82, 2.24) is 10.2 Å². The predicted octanol–water partition coefficient (Wildman–Crippen LogP) is 4.21. The maximum absolute atomic E-state index is 12.6. The van der Waals surface area contributed by atoms with Crippen LogP contribution in [-0.2, 0) is 16.0 Å². The Morgan fingerprint density at radius 2 is 2.10 bits per heavy atom. The van der Waals surface area contributed by atoms with Crippen LogP contribution >= 0.6 is 22.9 Å². The number of carbonyl (C=O) groups excluding carboxylic acids is 2. The Hall–Kier alpha value is -2.97. The lowest BCUT2D eigenvalue weighted by molar-refractivity contribution is -0.117. The second kappa shape index (κ2) is 9.03. The van der Waals surface area contributed by atoms with Gasteiger partial charge in [-0.3, -0.25) is 9.59 Å². The lowest BCUT2D eigenvalue weighted by Gasteiger charge is -2.17. The van der Waals surface area contributed by atoms with Gasteiger partial charge in [-0.15, -0.1) is 10.2 Å². The molecule has 31 heavy (non-hydrogen) atoms. The van der Waals surface area contributed by atoms with Gasteiger partial charge in [0, 0.05) is 35.2 Å². The van der Waals surface area contributed by atoms with Gasteiger partial charge in [0.25, 0.3) is 0 Å². The van der Waals surface area contributed by atoms with Gasteiger partial charge in [0.1, 0.15) is 10.8 Å². The van der Waals surface area contributed by atoms with Crippen molar-refractivity contribution in [2.24, 2.45) is 0 Å². The Labute approximate surface area is 189 Å². The Morgan fingerprint density at radius 3 is 2.87 bits per heavy atom. The molecule has 1 unspecified atom stereocenters. The topological polar surface area (TPSA) is 84.4 Å². The number of amides is 2. The zero-order valence-electron chi connectivity index (χ0n) is 17.1. The Morgan fingerprint density at radius 1 is 1.29 bits per heavy atom. The van der Waals surface area contributed by atoms with Gasteiger partial charge >= 0.3 is 0 Å². The highest BCUT2D eigenvalue weighted by molar-refractivity contribution is 7.15. The molecule has 1 atom stereocenters. The first-order chi connectivity index (χ1) is 14.9. The number of para-hydroxylation sites is 1. The molecule has 2 heterocycles. The van der Waals surface area contributed by atoms with Crippen molar-refractivity contribution in [1.29, 1.82) is 0 Å². The third kappa shape index (κ3) is 4.70. The summed E-state index contributed by atoms with van der Waals surface area (Å²) >= 11 is 7.51. The molecule has 1 aliphatic rings. The fourth-order valence-electron chi connectivity index (χ4n) is 3.51. The summed E-state index contributed by atoms with van der Waals surface area (Å²) in [5.74, 6) is 0.397. The second-order valence-corrected chi connectivity index (χ2v) is 8.74. The minimum absolute atomic E-state index is 0.0156. The van der Waals surface area contributed by atoms with E-state index in [-0.39, 0.29) is 24.2 Å². The van der Waals surface area contributed by atoms with Crippen LogP contribution in [0, 0.1) is 6.92 Å². The van der Waals surface area contributed by atoms with Gasteiger partial charge in [0.05, 0.1) is 13.5 Å². The van der Waals surface area contributed by atoms with E-state index in [4.69, 9.17) is 16.3 Å². The number of aromatic nitrogens is 2. The highest BCUT2D eigenvalue weighted by atomic mass is 35.5. The molecular weight excluding hydrogens is 436 g/mol.